The predicted octanol–water partition coefficient (Wildman–Crippen LogP) is 2.52. The molecule has 0 radical (unpaired) electrons. The number of carbonyl (C=O) groups excluding carboxylic acids is 1. The van der Waals surface area contributed by atoms with Crippen LogP contribution < -0.4 is 10.6 Å². The largest absolute Gasteiger partial charge is 0.338 e. The molecule has 6 nitrogen and oxygen atoms in total. The second-order valence-corrected chi connectivity index (χ2v) is 6.66. The van der Waals surface area contributed by atoms with Crippen molar-refractivity contribution < 1.29 is 4.79 Å². The van der Waals surface area contributed by atoms with E-state index in [2.05, 4.69) is 39.7 Å². The van der Waals surface area contributed by atoms with E-state index in [-0.39, 0.29) is 12.1 Å². The minimum atomic E-state index is -0.129. The number of nitrogens with one attached hydrogen (secondary N) is 2. The monoisotopic (exact) mass is 343 g/mol. The molecule has 6 heteroatoms. The highest BCUT2D eigenvalue weighted by atomic mass is 16.2. The lowest BCUT2D eigenvalue weighted by molar-refractivity contribution is 0.232. The summed E-state index contributed by atoms with van der Waals surface area (Å²) in [5.74, 6) is 0.423. The number of likely N-dealkylation sites (N-methyl/N-ethyl adjacent to an activating group) is 1. The molecule has 25 heavy (non-hydrogen) atoms. The second kappa shape index (κ2) is 9.22. The maximum Gasteiger partial charge on any atom is 0.314 e. The van der Waals surface area contributed by atoms with Gasteiger partial charge in [0.1, 0.15) is 0 Å². The zero-order valence-electron chi connectivity index (χ0n) is 15.6. The molecule has 2 rings (SSSR count). The van der Waals surface area contributed by atoms with Gasteiger partial charge in [-0.25, -0.2) is 4.79 Å². The van der Waals surface area contributed by atoms with Crippen LogP contribution in [0.25, 0.3) is 0 Å². The van der Waals surface area contributed by atoms with E-state index in [4.69, 9.17) is 0 Å². The average Bonchev–Trinajstić information content (AvgIpc) is 3.01. The van der Waals surface area contributed by atoms with E-state index in [0.29, 0.717) is 19.0 Å². The number of benzene rings is 1. The molecule has 136 valence electrons. The van der Waals surface area contributed by atoms with Crippen molar-refractivity contribution in [2.75, 3.05) is 27.2 Å². The number of nitrogens with zero attached hydrogens (tertiary/aromatic N) is 3. The highest BCUT2D eigenvalue weighted by molar-refractivity contribution is 5.73. The van der Waals surface area contributed by atoms with Crippen molar-refractivity contribution in [3.05, 3.63) is 53.9 Å². The highest BCUT2D eigenvalue weighted by Crippen LogP contribution is 2.18. The molecule has 0 spiro atoms. The highest BCUT2D eigenvalue weighted by Gasteiger charge is 2.16. The molecule has 0 aliphatic heterocycles. The fourth-order valence-corrected chi connectivity index (χ4v) is 2.81. The van der Waals surface area contributed by atoms with Gasteiger partial charge in [-0.15, -0.1) is 0 Å². The van der Waals surface area contributed by atoms with Crippen LogP contribution in [0, 0.1) is 0 Å². The molecule has 0 unspecified atom stereocenters. The lowest BCUT2D eigenvalue weighted by Gasteiger charge is -2.23. The summed E-state index contributed by atoms with van der Waals surface area (Å²) < 4.78 is 1.77. The molecular weight excluding hydrogens is 314 g/mol. The molecule has 0 aliphatic carbocycles. The first-order chi connectivity index (χ1) is 12.0. The van der Waals surface area contributed by atoms with Crippen LogP contribution in [-0.2, 0) is 7.05 Å². The first kappa shape index (κ1) is 19.0. The van der Waals surface area contributed by atoms with Crippen molar-refractivity contribution in [1.29, 1.82) is 0 Å². The number of aromatic nitrogens is 2. The Kier molecular flexibility index (Phi) is 7.01. The Bertz CT molecular complexity index is 653. The number of rotatable bonds is 8. The summed E-state index contributed by atoms with van der Waals surface area (Å²) in [5, 5.41) is 10.1. The number of aryl methyl sites for hydroxylation is 1. The van der Waals surface area contributed by atoms with E-state index < -0.39 is 0 Å². The summed E-state index contributed by atoms with van der Waals surface area (Å²) >= 11 is 0. The lowest BCUT2D eigenvalue weighted by atomic mass is 9.98. The van der Waals surface area contributed by atoms with E-state index in [0.717, 1.165) is 12.0 Å². The van der Waals surface area contributed by atoms with Crippen molar-refractivity contribution in [2.45, 2.75) is 25.3 Å². The maximum atomic E-state index is 12.1. The molecule has 0 aliphatic rings. The quantitative estimate of drug-likeness (QED) is 0.774. The van der Waals surface area contributed by atoms with E-state index in [1.807, 2.05) is 51.7 Å². The van der Waals surface area contributed by atoms with Gasteiger partial charge in [0.15, 0.2) is 0 Å². The molecule has 2 atom stereocenters. The summed E-state index contributed by atoms with van der Waals surface area (Å²) in [6.45, 7) is 3.37. The minimum Gasteiger partial charge on any atom is -0.338 e. The van der Waals surface area contributed by atoms with Gasteiger partial charge in [-0.05, 0) is 32.0 Å². The summed E-state index contributed by atoms with van der Waals surface area (Å²) in [4.78, 5) is 14.1. The summed E-state index contributed by atoms with van der Waals surface area (Å²) in [7, 11) is 5.89. The van der Waals surface area contributed by atoms with E-state index in [1.165, 1.54) is 5.56 Å². The number of amides is 2. The van der Waals surface area contributed by atoms with Gasteiger partial charge < -0.3 is 15.5 Å². The predicted molar refractivity (Wildman–Crippen MR) is 101 cm³/mol. The minimum absolute atomic E-state index is 0.0997. The van der Waals surface area contributed by atoms with E-state index in [9.17, 15) is 4.79 Å². The molecule has 0 saturated heterocycles. The fraction of sp³-hybridized carbons (Fsp3) is 0.474. The standard InChI is InChI=1S/C19H29N5O/c1-15(16-8-6-5-7-9-16)10-11-20-19(25)21-13-18(23(2)3)17-12-22-24(4)14-17/h5-9,12,14-15,18H,10-11,13H2,1-4H3,(H2,20,21,25)/t15-,18-/m0/s1. The van der Waals surface area contributed by atoms with Crippen LogP contribution in [0.15, 0.2) is 42.7 Å². The topological polar surface area (TPSA) is 62.2 Å². The van der Waals surface area contributed by atoms with Gasteiger partial charge in [0.25, 0.3) is 0 Å². The molecule has 1 heterocycles. The van der Waals surface area contributed by atoms with Crippen LogP contribution >= 0.6 is 0 Å². The summed E-state index contributed by atoms with van der Waals surface area (Å²) in [5.41, 5.74) is 2.39. The molecule has 2 amide bonds. The molecule has 0 bridgehead atoms. The Hall–Kier alpha value is -2.34. The van der Waals surface area contributed by atoms with Gasteiger partial charge in [-0.3, -0.25) is 4.68 Å². The number of carbonyl (C=O) groups is 1. The summed E-state index contributed by atoms with van der Waals surface area (Å²) in [6, 6.07) is 10.3. The molecule has 0 saturated carbocycles. The van der Waals surface area contributed by atoms with Gasteiger partial charge in [-0.1, -0.05) is 37.3 Å². The molecule has 1 aromatic heterocycles. The van der Waals surface area contributed by atoms with Crippen LogP contribution in [0.5, 0.6) is 0 Å². The van der Waals surface area contributed by atoms with Gasteiger partial charge in [0.05, 0.1) is 12.2 Å². The van der Waals surface area contributed by atoms with Crippen LogP contribution in [0.2, 0.25) is 0 Å². The maximum absolute atomic E-state index is 12.1. The Morgan fingerprint density at radius 1 is 1.20 bits per heavy atom. The van der Waals surface area contributed by atoms with Crippen LogP contribution in [-0.4, -0.2) is 47.9 Å². The smallest absolute Gasteiger partial charge is 0.314 e. The first-order valence-electron chi connectivity index (χ1n) is 8.69. The number of urea groups is 1. The van der Waals surface area contributed by atoms with Crippen molar-refractivity contribution >= 4 is 6.03 Å². The van der Waals surface area contributed by atoms with Crippen molar-refractivity contribution in [3.63, 3.8) is 0 Å². The van der Waals surface area contributed by atoms with E-state index in [1.54, 1.807) is 4.68 Å². The average molecular weight is 343 g/mol. The van der Waals surface area contributed by atoms with Gasteiger partial charge in [0.2, 0.25) is 0 Å². The number of hydrogen-bond acceptors (Lipinski definition) is 3. The third-order valence-corrected chi connectivity index (χ3v) is 4.42. The second-order valence-electron chi connectivity index (χ2n) is 6.66. The van der Waals surface area contributed by atoms with Crippen LogP contribution in [0.4, 0.5) is 4.79 Å². The normalized spacial score (nSPS) is 13.5. The Balaban J connectivity index is 1.74. The molecular formula is C19H29N5O. The Morgan fingerprint density at radius 3 is 2.52 bits per heavy atom. The zero-order valence-corrected chi connectivity index (χ0v) is 15.6. The van der Waals surface area contributed by atoms with Crippen molar-refractivity contribution in [1.82, 2.24) is 25.3 Å². The Labute approximate surface area is 150 Å². The fourth-order valence-electron chi connectivity index (χ4n) is 2.81. The van der Waals surface area contributed by atoms with Gasteiger partial charge in [0, 0.05) is 31.9 Å². The molecule has 2 N–H and O–H groups in total. The summed E-state index contributed by atoms with van der Waals surface area (Å²) in [6.07, 6.45) is 4.73. The third kappa shape index (κ3) is 5.90. The van der Waals surface area contributed by atoms with Gasteiger partial charge >= 0.3 is 6.03 Å². The molecule has 2 aromatic rings. The van der Waals surface area contributed by atoms with E-state index >= 15 is 0 Å². The van der Waals surface area contributed by atoms with Gasteiger partial charge in [-0.2, -0.15) is 5.10 Å². The first-order valence-corrected chi connectivity index (χ1v) is 8.69. The van der Waals surface area contributed by atoms with Crippen LogP contribution in [0.3, 0.4) is 0 Å². The third-order valence-electron chi connectivity index (χ3n) is 4.42. The molecule has 1 aromatic carbocycles. The zero-order chi connectivity index (χ0) is 18.2. The van der Waals surface area contributed by atoms with Crippen molar-refractivity contribution in [2.24, 2.45) is 7.05 Å². The lowest BCUT2D eigenvalue weighted by Crippen LogP contribution is -2.40. The molecule has 0 fully saturated rings. The SMILES string of the molecule is C[C@@H](CCNC(=O)NC[C@@H](c1cnn(C)c1)N(C)C)c1ccccc1. The Morgan fingerprint density at radius 2 is 1.92 bits per heavy atom. The van der Waals surface area contributed by atoms with Crippen LogP contribution in [0.1, 0.15) is 36.4 Å². The number of hydrogen-bond donors (Lipinski definition) is 2. The van der Waals surface area contributed by atoms with Crippen molar-refractivity contribution in [3.8, 4) is 0 Å².